The number of benzene rings is 3. The highest BCUT2D eigenvalue weighted by Crippen LogP contribution is 2.34. The zero-order valence-corrected chi connectivity index (χ0v) is 25.0. The van der Waals surface area contributed by atoms with Crippen molar-refractivity contribution in [1.82, 2.24) is 9.80 Å². The van der Waals surface area contributed by atoms with Crippen molar-refractivity contribution < 1.29 is 14.3 Å². The number of nitrogens with zero attached hydrogens (tertiary/aromatic N) is 4. The summed E-state index contributed by atoms with van der Waals surface area (Å²) < 4.78 is 5.15. The van der Waals surface area contributed by atoms with E-state index in [1.165, 1.54) is 7.11 Å². The largest absolute Gasteiger partial charge is 0.453 e. The van der Waals surface area contributed by atoms with Crippen LogP contribution in [0, 0.1) is 11.3 Å². The summed E-state index contributed by atoms with van der Waals surface area (Å²) in [5.41, 5.74) is 11.8. The molecule has 1 heterocycles. The number of carbonyl (C=O) groups excluding carboxylic acids is 2. The second-order valence-electron chi connectivity index (χ2n) is 11.5. The van der Waals surface area contributed by atoms with Crippen molar-refractivity contribution in [2.75, 3.05) is 50.6 Å². The first-order valence-electron chi connectivity index (χ1n) is 14.9. The van der Waals surface area contributed by atoms with E-state index in [0.717, 1.165) is 79.9 Å². The van der Waals surface area contributed by atoms with Crippen LogP contribution in [0.2, 0.25) is 0 Å². The van der Waals surface area contributed by atoms with Crippen LogP contribution in [0.25, 0.3) is 11.1 Å². The molecule has 2 amide bonds. The third kappa shape index (κ3) is 7.34. The predicted molar refractivity (Wildman–Crippen MR) is 169 cm³/mol. The third-order valence-corrected chi connectivity index (χ3v) is 8.57. The molecule has 1 saturated heterocycles. The van der Waals surface area contributed by atoms with Gasteiger partial charge < -0.3 is 30.5 Å². The number of ether oxygens (including phenoxy) is 1. The van der Waals surface area contributed by atoms with Gasteiger partial charge in [0.2, 0.25) is 0 Å². The Bertz CT molecular complexity index is 1470. The Labute approximate surface area is 253 Å². The minimum atomic E-state index is -0.324. The fraction of sp³-hybridized carbons (Fsp3) is 0.382. The number of nitrogens with two attached hydrogens (primary N) is 1. The molecule has 9 heteroatoms. The second kappa shape index (κ2) is 13.7. The summed E-state index contributed by atoms with van der Waals surface area (Å²) in [5.74, 6) is -0.230. The van der Waals surface area contributed by atoms with Crippen LogP contribution in [0.3, 0.4) is 0 Å². The molecule has 1 aliphatic carbocycles. The summed E-state index contributed by atoms with van der Waals surface area (Å²) in [6, 6.07) is 23.4. The fourth-order valence-corrected chi connectivity index (χ4v) is 5.95. The number of anilines is 2. The number of piperazine rings is 1. The molecule has 0 spiro atoms. The van der Waals surface area contributed by atoms with Crippen molar-refractivity contribution in [3.63, 3.8) is 0 Å². The molecular weight excluding hydrogens is 540 g/mol. The number of rotatable bonds is 7. The molecule has 1 aliphatic heterocycles. The van der Waals surface area contributed by atoms with Crippen molar-refractivity contribution in [1.29, 1.82) is 5.26 Å². The number of carbonyl (C=O) groups is 2. The van der Waals surface area contributed by atoms with Gasteiger partial charge in [0, 0.05) is 50.4 Å². The van der Waals surface area contributed by atoms with Gasteiger partial charge in [-0.1, -0.05) is 24.3 Å². The molecule has 3 aromatic carbocycles. The maximum absolute atomic E-state index is 13.3. The minimum absolute atomic E-state index is 0.0998. The van der Waals surface area contributed by atoms with Crippen molar-refractivity contribution in [2.45, 2.75) is 44.3 Å². The van der Waals surface area contributed by atoms with Gasteiger partial charge in [-0.15, -0.1) is 0 Å². The van der Waals surface area contributed by atoms with Crippen LogP contribution in [0.5, 0.6) is 0 Å². The first kappa shape index (κ1) is 30.1. The first-order chi connectivity index (χ1) is 20.8. The molecule has 3 aromatic rings. The Morgan fingerprint density at radius 2 is 1.67 bits per heavy atom. The molecule has 43 heavy (non-hydrogen) atoms. The normalized spacial score (nSPS) is 18.9. The van der Waals surface area contributed by atoms with Gasteiger partial charge in [-0.25, -0.2) is 4.79 Å². The lowest BCUT2D eigenvalue weighted by molar-refractivity contribution is 0.0879. The summed E-state index contributed by atoms with van der Waals surface area (Å²) in [5, 5.41) is 12.3. The highest BCUT2D eigenvalue weighted by atomic mass is 16.5. The molecule has 2 fully saturated rings. The molecule has 9 nitrogen and oxygen atoms in total. The Morgan fingerprint density at radius 3 is 2.35 bits per heavy atom. The maximum Gasteiger partial charge on any atom is 0.410 e. The monoisotopic (exact) mass is 580 g/mol. The fourth-order valence-electron chi connectivity index (χ4n) is 5.95. The van der Waals surface area contributed by atoms with Gasteiger partial charge in [-0.2, -0.15) is 5.26 Å². The SMILES string of the molecule is COC(=O)N(Cc1cccc(-c2ccc(N3CCN(C)CC3)c(NC(=O)c3ccc(C#N)cc3)c2)c1)C1CCC(N)CC1. The van der Waals surface area contributed by atoms with Gasteiger partial charge in [0.25, 0.3) is 5.91 Å². The Morgan fingerprint density at radius 1 is 0.977 bits per heavy atom. The molecule has 0 unspecified atom stereocenters. The van der Waals surface area contributed by atoms with E-state index in [-0.39, 0.29) is 24.1 Å². The predicted octanol–water partition coefficient (Wildman–Crippen LogP) is 5.07. The zero-order valence-electron chi connectivity index (χ0n) is 25.0. The summed E-state index contributed by atoms with van der Waals surface area (Å²) in [6.07, 6.45) is 3.21. The molecule has 0 aromatic heterocycles. The molecule has 0 bridgehead atoms. The highest BCUT2D eigenvalue weighted by molar-refractivity contribution is 6.06. The van der Waals surface area contributed by atoms with Crippen LogP contribution in [0.1, 0.15) is 47.2 Å². The molecule has 224 valence electrons. The third-order valence-electron chi connectivity index (χ3n) is 8.57. The Balaban J connectivity index is 1.42. The van der Waals surface area contributed by atoms with Gasteiger partial charge >= 0.3 is 6.09 Å². The van der Waals surface area contributed by atoms with E-state index < -0.39 is 0 Å². The zero-order chi connectivity index (χ0) is 30.3. The van der Waals surface area contributed by atoms with Crippen molar-refractivity contribution in [3.8, 4) is 17.2 Å². The van der Waals surface area contributed by atoms with E-state index in [0.29, 0.717) is 17.7 Å². The summed E-state index contributed by atoms with van der Waals surface area (Å²) in [6.45, 7) is 4.05. The summed E-state index contributed by atoms with van der Waals surface area (Å²) in [4.78, 5) is 32.5. The maximum atomic E-state index is 13.3. The van der Waals surface area contributed by atoms with E-state index in [4.69, 9.17) is 15.7 Å². The average Bonchev–Trinajstić information content (AvgIpc) is 3.04. The molecule has 2 aliphatic rings. The number of hydrogen-bond acceptors (Lipinski definition) is 7. The molecule has 5 rings (SSSR count). The lowest BCUT2D eigenvalue weighted by Gasteiger charge is -2.35. The highest BCUT2D eigenvalue weighted by Gasteiger charge is 2.28. The lowest BCUT2D eigenvalue weighted by Crippen LogP contribution is -2.44. The van der Waals surface area contributed by atoms with E-state index in [2.05, 4.69) is 46.4 Å². The minimum Gasteiger partial charge on any atom is -0.453 e. The van der Waals surface area contributed by atoms with Gasteiger partial charge in [-0.3, -0.25) is 4.79 Å². The van der Waals surface area contributed by atoms with Crippen LogP contribution >= 0.6 is 0 Å². The molecule has 0 radical (unpaired) electrons. The summed E-state index contributed by atoms with van der Waals surface area (Å²) >= 11 is 0. The van der Waals surface area contributed by atoms with Crippen LogP contribution in [-0.4, -0.2) is 74.2 Å². The Hall–Kier alpha value is -4.39. The van der Waals surface area contributed by atoms with E-state index in [1.54, 1.807) is 24.3 Å². The van der Waals surface area contributed by atoms with Crippen LogP contribution in [0.4, 0.5) is 16.2 Å². The first-order valence-corrected chi connectivity index (χ1v) is 14.9. The van der Waals surface area contributed by atoms with Crippen molar-refractivity contribution >= 4 is 23.4 Å². The number of hydrogen-bond donors (Lipinski definition) is 2. The topological polar surface area (TPSA) is 115 Å². The molecule has 1 saturated carbocycles. The second-order valence-corrected chi connectivity index (χ2v) is 11.5. The molecular formula is C34H40N6O3. The van der Waals surface area contributed by atoms with E-state index in [1.807, 2.05) is 29.2 Å². The molecule has 3 N–H and O–H groups in total. The van der Waals surface area contributed by atoms with Crippen molar-refractivity contribution in [3.05, 3.63) is 83.4 Å². The average molecular weight is 581 g/mol. The van der Waals surface area contributed by atoms with Crippen LogP contribution in [-0.2, 0) is 11.3 Å². The smallest absolute Gasteiger partial charge is 0.410 e. The number of likely N-dealkylation sites (N-methyl/N-ethyl adjacent to an activating group) is 1. The lowest BCUT2D eigenvalue weighted by atomic mass is 9.90. The summed E-state index contributed by atoms with van der Waals surface area (Å²) in [7, 11) is 3.54. The van der Waals surface area contributed by atoms with Gasteiger partial charge in [-0.05, 0) is 91.9 Å². The number of amides is 2. The quantitative estimate of drug-likeness (QED) is 0.401. The van der Waals surface area contributed by atoms with Crippen LogP contribution in [0.15, 0.2) is 66.7 Å². The van der Waals surface area contributed by atoms with E-state index >= 15 is 0 Å². The molecule has 0 atom stereocenters. The van der Waals surface area contributed by atoms with Gasteiger partial charge in [0.05, 0.1) is 30.1 Å². The number of nitriles is 1. The van der Waals surface area contributed by atoms with E-state index in [9.17, 15) is 9.59 Å². The van der Waals surface area contributed by atoms with Crippen molar-refractivity contribution in [2.24, 2.45) is 5.73 Å². The van der Waals surface area contributed by atoms with Crippen LogP contribution < -0.4 is 16.0 Å². The standard InChI is InChI=1S/C34H40N6O3/c1-38-16-18-39(19-17-38)32-15-10-28(21-31(32)37-33(41)26-8-6-24(22-35)7-9-26)27-5-3-4-25(20-27)23-40(34(42)43-2)30-13-11-29(36)12-14-30/h3-10,15,20-21,29-30H,11-14,16-19,23,36H2,1-2H3,(H,37,41). The van der Waals surface area contributed by atoms with Gasteiger partial charge in [0.1, 0.15) is 0 Å². The number of methoxy groups -OCH3 is 1. The Kier molecular flexibility index (Phi) is 9.60. The number of nitrogens with one attached hydrogen (secondary N) is 1. The van der Waals surface area contributed by atoms with Gasteiger partial charge in [0.15, 0.2) is 0 Å².